The second-order valence-electron chi connectivity index (χ2n) is 4.44. The minimum Gasteiger partial charge on any atom is -0.324 e. The van der Waals surface area contributed by atoms with Crippen LogP contribution in [-0.2, 0) is 0 Å². The van der Waals surface area contributed by atoms with Gasteiger partial charge in [0.25, 0.3) is 0 Å². The second-order valence-corrected chi connectivity index (χ2v) is 4.44. The highest BCUT2D eigenvalue weighted by Gasteiger charge is 2.31. The predicted molar refractivity (Wildman–Crippen MR) is 73.5 cm³/mol. The molecule has 0 bridgehead atoms. The highest BCUT2D eigenvalue weighted by molar-refractivity contribution is 5.88. The number of benzene rings is 2. The van der Waals surface area contributed by atoms with Crippen LogP contribution in [0.3, 0.4) is 0 Å². The zero-order valence-electron chi connectivity index (χ0n) is 10.4. The molecule has 104 valence electrons. The van der Waals surface area contributed by atoms with Gasteiger partial charge in [-0.3, -0.25) is 0 Å². The van der Waals surface area contributed by atoms with E-state index in [1.807, 2.05) is 37.3 Å². The number of fused-ring (bicyclic) bond motifs is 1. The van der Waals surface area contributed by atoms with Gasteiger partial charge in [-0.1, -0.05) is 36.4 Å². The topological polar surface area (TPSA) is 26.0 Å². The van der Waals surface area contributed by atoms with Gasteiger partial charge in [0, 0.05) is 6.04 Å². The zero-order chi connectivity index (χ0) is 13.3. The lowest BCUT2D eigenvalue weighted by Crippen LogP contribution is -2.20. The third kappa shape index (κ3) is 3.61. The maximum atomic E-state index is 12.4. The molecule has 2 aromatic rings. The standard InChI is InChI=1S/C14H14F3N.ClH/c1-9-6-7-12(13(18)8-14(15,16)17)11-5-3-2-4-10(9)11;/h2-7,13H,8,18H2,1H3;1H/t13-;/m0./s1. The van der Waals surface area contributed by atoms with Crippen molar-refractivity contribution in [3.05, 3.63) is 47.5 Å². The molecular weight excluding hydrogens is 275 g/mol. The number of rotatable bonds is 2. The fourth-order valence-electron chi connectivity index (χ4n) is 2.16. The Kier molecular flexibility index (Phi) is 4.82. The second kappa shape index (κ2) is 5.80. The van der Waals surface area contributed by atoms with Gasteiger partial charge in [0.05, 0.1) is 6.42 Å². The number of nitrogens with two attached hydrogens (primary N) is 1. The SMILES string of the molecule is Cc1ccc([C@@H](N)CC(F)(F)F)c2ccccc12.Cl. The van der Waals surface area contributed by atoms with Crippen LogP contribution in [0.1, 0.15) is 23.6 Å². The van der Waals surface area contributed by atoms with Gasteiger partial charge in [0.2, 0.25) is 0 Å². The lowest BCUT2D eigenvalue weighted by Gasteiger charge is -2.17. The van der Waals surface area contributed by atoms with Crippen LogP contribution in [0.25, 0.3) is 10.8 Å². The molecule has 0 saturated heterocycles. The molecule has 1 atom stereocenters. The van der Waals surface area contributed by atoms with Crippen molar-refractivity contribution in [3.8, 4) is 0 Å². The van der Waals surface area contributed by atoms with Crippen LogP contribution in [0.4, 0.5) is 13.2 Å². The molecule has 5 heteroatoms. The predicted octanol–water partition coefficient (Wildman–Crippen LogP) is 4.52. The van der Waals surface area contributed by atoms with E-state index in [9.17, 15) is 13.2 Å². The molecule has 0 fully saturated rings. The summed E-state index contributed by atoms with van der Waals surface area (Å²) in [6, 6.07) is 9.88. The third-order valence-corrected chi connectivity index (χ3v) is 3.03. The van der Waals surface area contributed by atoms with Crippen LogP contribution in [0.2, 0.25) is 0 Å². The Labute approximate surface area is 116 Å². The first kappa shape index (κ1) is 15.8. The Bertz CT molecular complexity index is 566. The molecular formula is C14H15ClF3N. The summed E-state index contributed by atoms with van der Waals surface area (Å²) >= 11 is 0. The summed E-state index contributed by atoms with van der Waals surface area (Å²) < 4.78 is 37.2. The Morgan fingerprint density at radius 3 is 2.21 bits per heavy atom. The van der Waals surface area contributed by atoms with Crippen LogP contribution in [0.5, 0.6) is 0 Å². The quantitative estimate of drug-likeness (QED) is 0.864. The normalized spacial score (nSPS) is 13.1. The fraction of sp³-hybridized carbons (Fsp3) is 0.286. The van der Waals surface area contributed by atoms with Crippen LogP contribution < -0.4 is 5.73 Å². The highest BCUT2D eigenvalue weighted by atomic mass is 35.5. The molecule has 0 radical (unpaired) electrons. The van der Waals surface area contributed by atoms with Gasteiger partial charge in [0.15, 0.2) is 0 Å². The first-order valence-corrected chi connectivity index (χ1v) is 5.69. The van der Waals surface area contributed by atoms with E-state index in [4.69, 9.17) is 5.73 Å². The van der Waals surface area contributed by atoms with E-state index >= 15 is 0 Å². The number of hydrogen-bond acceptors (Lipinski definition) is 1. The number of alkyl halides is 3. The smallest absolute Gasteiger partial charge is 0.324 e. The Morgan fingerprint density at radius 2 is 1.63 bits per heavy atom. The van der Waals surface area contributed by atoms with Gasteiger partial charge in [-0.05, 0) is 28.8 Å². The molecule has 0 heterocycles. The average molecular weight is 290 g/mol. The summed E-state index contributed by atoms with van der Waals surface area (Å²) in [5, 5.41) is 1.75. The molecule has 0 saturated carbocycles. The van der Waals surface area contributed by atoms with E-state index in [1.165, 1.54) is 0 Å². The van der Waals surface area contributed by atoms with E-state index in [1.54, 1.807) is 6.07 Å². The highest BCUT2D eigenvalue weighted by Crippen LogP contribution is 2.32. The summed E-state index contributed by atoms with van der Waals surface area (Å²) in [4.78, 5) is 0. The van der Waals surface area contributed by atoms with Crippen LogP contribution >= 0.6 is 12.4 Å². The Morgan fingerprint density at radius 1 is 1.05 bits per heavy atom. The fourth-order valence-corrected chi connectivity index (χ4v) is 2.16. The van der Waals surface area contributed by atoms with Gasteiger partial charge < -0.3 is 5.73 Å². The summed E-state index contributed by atoms with van der Waals surface area (Å²) in [5.41, 5.74) is 7.26. The van der Waals surface area contributed by atoms with Crippen molar-refractivity contribution in [1.29, 1.82) is 0 Å². The Hall–Kier alpha value is -1.26. The van der Waals surface area contributed by atoms with E-state index in [0.29, 0.717) is 5.56 Å². The lowest BCUT2D eigenvalue weighted by molar-refractivity contribution is -0.138. The van der Waals surface area contributed by atoms with Crippen molar-refractivity contribution < 1.29 is 13.2 Å². The summed E-state index contributed by atoms with van der Waals surface area (Å²) in [7, 11) is 0. The third-order valence-electron chi connectivity index (χ3n) is 3.03. The summed E-state index contributed by atoms with van der Waals surface area (Å²) in [6.45, 7) is 1.93. The molecule has 19 heavy (non-hydrogen) atoms. The van der Waals surface area contributed by atoms with E-state index < -0.39 is 18.6 Å². The first-order chi connectivity index (χ1) is 8.38. The molecule has 0 aliphatic carbocycles. The minimum atomic E-state index is -4.24. The summed E-state index contributed by atoms with van der Waals surface area (Å²) in [5.74, 6) is 0. The number of halogens is 4. The number of aryl methyl sites for hydroxylation is 1. The van der Waals surface area contributed by atoms with E-state index in [0.717, 1.165) is 16.3 Å². The van der Waals surface area contributed by atoms with Gasteiger partial charge in [-0.2, -0.15) is 13.2 Å². The molecule has 2 N–H and O–H groups in total. The van der Waals surface area contributed by atoms with Crippen molar-refractivity contribution in [3.63, 3.8) is 0 Å². The zero-order valence-corrected chi connectivity index (χ0v) is 11.2. The van der Waals surface area contributed by atoms with Gasteiger partial charge in [-0.25, -0.2) is 0 Å². The molecule has 2 aromatic carbocycles. The Balaban J connectivity index is 0.00000180. The molecule has 0 amide bonds. The van der Waals surface area contributed by atoms with Crippen molar-refractivity contribution in [1.82, 2.24) is 0 Å². The minimum absolute atomic E-state index is 0. The molecule has 0 aliphatic rings. The van der Waals surface area contributed by atoms with Crippen LogP contribution in [0, 0.1) is 6.92 Å². The van der Waals surface area contributed by atoms with Crippen LogP contribution in [0.15, 0.2) is 36.4 Å². The van der Waals surface area contributed by atoms with Gasteiger partial charge in [0.1, 0.15) is 0 Å². The van der Waals surface area contributed by atoms with Crippen molar-refractivity contribution in [2.24, 2.45) is 5.73 Å². The molecule has 0 spiro atoms. The summed E-state index contributed by atoms with van der Waals surface area (Å²) in [6.07, 6.45) is -5.24. The molecule has 0 aliphatic heterocycles. The van der Waals surface area contributed by atoms with Crippen molar-refractivity contribution >= 4 is 23.2 Å². The van der Waals surface area contributed by atoms with E-state index in [2.05, 4.69) is 0 Å². The van der Waals surface area contributed by atoms with Crippen molar-refractivity contribution in [2.45, 2.75) is 25.6 Å². The van der Waals surface area contributed by atoms with Crippen molar-refractivity contribution in [2.75, 3.05) is 0 Å². The molecule has 0 aromatic heterocycles. The van der Waals surface area contributed by atoms with Crippen LogP contribution in [-0.4, -0.2) is 6.18 Å². The molecule has 2 rings (SSSR count). The first-order valence-electron chi connectivity index (χ1n) is 5.69. The van der Waals surface area contributed by atoms with Gasteiger partial charge in [-0.15, -0.1) is 12.4 Å². The number of hydrogen-bond donors (Lipinski definition) is 1. The monoisotopic (exact) mass is 289 g/mol. The molecule has 0 unspecified atom stereocenters. The largest absolute Gasteiger partial charge is 0.390 e. The molecule has 1 nitrogen and oxygen atoms in total. The average Bonchev–Trinajstić information content (AvgIpc) is 2.27. The van der Waals surface area contributed by atoms with E-state index in [-0.39, 0.29) is 12.4 Å². The maximum absolute atomic E-state index is 12.4. The van der Waals surface area contributed by atoms with Gasteiger partial charge >= 0.3 is 6.18 Å². The lowest BCUT2D eigenvalue weighted by atomic mass is 9.95. The maximum Gasteiger partial charge on any atom is 0.390 e.